The van der Waals surface area contributed by atoms with Crippen LogP contribution in [0.3, 0.4) is 0 Å². The summed E-state index contributed by atoms with van der Waals surface area (Å²) in [6.45, 7) is 1.98. The topological polar surface area (TPSA) is 55.0 Å². The Morgan fingerprint density at radius 1 is 1.56 bits per heavy atom. The van der Waals surface area contributed by atoms with Crippen LogP contribution in [0.5, 0.6) is 0 Å². The van der Waals surface area contributed by atoms with Gasteiger partial charge in [-0.15, -0.1) is 9.24 Å². The van der Waals surface area contributed by atoms with Crippen molar-refractivity contribution >= 4 is 20.5 Å². The van der Waals surface area contributed by atoms with Gasteiger partial charge in [-0.05, 0) is 24.4 Å². The van der Waals surface area contributed by atoms with Crippen molar-refractivity contribution in [1.29, 1.82) is 0 Å². The number of carbonyl (C=O) groups is 1. The van der Waals surface area contributed by atoms with Crippen molar-refractivity contribution in [2.24, 2.45) is 0 Å². The highest BCUT2D eigenvalue weighted by Gasteiger charge is 2.13. The summed E-state index contributed by atoms with van der Waals surface area (Å²) in [6, 6.07) is 4.78. The standard InChI is InChI=1S/C12H12FN2O2P/c1-2-17-12(16)11-14-6-10(15-11)8-4-3-7(18)5-9(8)13/h3-6H,2,18H2,1H3,(H,14,15). The fraction of sp³-hybridized carbons (Fsp3) is 0.167. The van der Waals surface area contributed by atoms with E-state index in [1.807, 2.05) is 0 Å². The molecular weight excluding hydrogens is 254 g/mol. The third kappa shape index (κ3) is 2.57. The number of nitrogens with zero attached hydrogens (tertiary/aromatic N) is 1. The number of imidazole rings is 1. The van der Waals surface area contributed by atoms with Crippen LogP contribution in [-0.2, 0) is 4.74 Å². The smallest absolute Gasteiger partial charge is 0.374 e. The number of benzene rings is 1. The maximum atomic E-state index is 13.7. The molecule has 1 heterocycles. The molecule has 1 unspecified atom stereocenters. The van der Waals surface area contributed by atoms with E-state index < -0.39 is 5.97 Å². The Bertz CT molecular complexity index is 583. The molecule has 0 saturated heterocycles. The van der Waals surface area contributed by atoms with E-state index in [-0.39, 0.29) is 18.2 Å². The predicted molar refractivity (Wildman–Crippen MR) is 69.3 cm³/mol. The lowest BCUT2D eigenvalue weighted by atomic mass is 10.1. The summed E-state index contributed by atoms with van der Waals surface area (Å²) < 4.78 is 18.5. The van der Waals surface area contributed by atoms with Crippen LogP contribution in [0.4, 0.5) is 4.39 Å². The fourth-order valence-corrected chi connectivity index (χ4v) is 1.75. The number of nitrogens with one attached hydrogen (secondary N) is 1. The van der Waals surface area contributed by atoms with Gasteiger partial charge in [0.05, 0.1) is 18.5 Å². The second kappa shape index (κ2) is 5.27. The lowest BCUT2D eigenvalue weighted by Crippen LogP contribution is -2.06. The largest absolute Gasteiger partial charge is 0.460 e. The summed E-state index contributed by atoms with van der Waals surface area (Å²) in [5, 5.41) is 0.751. The highest BCUT2D eigenvalue weighted by Crippen LogP contribution is 2.20. The van der Waals surface area contributed by atoms with E-state index >= 15 is 0 Å². The maximum absolute atomic E-state index is 13.7. The van der Waals surface area contributed by atoms with Gasteiger partial charge in [-0.25, -0.2) is 14.2 Å². The lowest BCUT2D eigenvalue weighted by Gasteiger charge is -2.01. The summed E-state index contributed by atoms with van der Waals surface area (Å²) in [5.41, 5.74) is 0.810. The first-order valence-electron chi connectivity index (χ1n) is 5.39. The molecule has 0 radical (unpaired) electrons. The molecule has 2 rings (SSSR count). The van der Waals surface area contributed by atoms with Crippen molar-refractivity contribution in [2.75, 3.05) is 6.61 Å². The van der Waals surface area contributed by atoms with Gasteiger partial charge < -0.3 is 9.72 Å². The van der Waals surface area contributed by atoms with Gasteiger partial charge in [0.25, 0.3) is 0 Å². The van der Waals surface area contributed by atoms with Crippen LogP contribution < -0.4 is 5.30 Å². The van der Waals surface area contributed by atoms with Crippen molar-refractivity contribution in [3.05, 3.63) is 36.0 Å². The second-order valence-electron chi connectivity index (χ2n) is 3.61. The van der Waals surface area contributed by atoms with Gasteiger partial charge in [-0.1, -0.05) is 6.07 Å². The number of ether oxygens (including phenoxy) is 1. The van der Waals surface area contributed by atoms with E-state index in [1.165, 1.54) is 12.3 Å². The Kier molecular flexibility index (Phi) is 3.72. The van der Waals surface area contributed by atoms with Crippen molar-refractivity contribution in [2.45, 2.75) is 6.92 Å². The van der Waals surface area contributed by atoms with Crippen molar-refractivity contribution in [3.8, 4) is 11.3 Å². The zero-order chi connectivity index (χ0) is 13.1. The molecule has 0 bridgehead atoms. The van der Waals surface area contributed by atoms with Crippen LogP contribution in [0.25, 0.3) is 11.3 Å². The average Bonchev–Trinajstić information content (AvgIpc) is 2.78. The minimum Gasteiger partial charge on any atom is -0.460 e. The highest BCUT2D eigenvalue weighted by molar-refractivity contribution is 7.27. The predicted octanol–water partition coefficient (Wildman–Crippen LogP) is 1.89. The molecule has 18 heavy (non-hydrogen) atoms. The number of rotatable bonds is 3. The third-order valence-electron chi connectivity index (χ3n) is 2.33. The summed E-state index contributed by atoms with van der Waals surface area (Å²) in [5.74, 6) is -0.852. The SMILES string of the molecule is CCOC(=O)c1ncc(-c2ccc(P)cc2F)[nH]1. The first-order valence-corrected chi connectivity index (χ1v) is 5.97. The first kappa shape index (κ1) is 12.7. The van der Waals surface area contributed by atoms with E-state index in [4.69, 9.17) is 4.74 Å². The lowest BCUT2D eigenvalue weighted by molar-refractivity contribution is 0.0513. The van der Waals surface area contributed by atoms with E-state index in [1.54, 1.807) is 19.1 Å². The Morgan fingerprint density at radius 2 is 2.33 bits per heavy atom. The summed E-state index contributed by atoms with van der Waals surface area (Å²) in [6.07, 6.45) is 1.41. The maximum Gasteiger partial charge on any atom is 0.374 e. The van der Waals surface area contributed by atoms with Crippen LogP contribution in [0.15, 0.2) is 24.4 Å². The average molecular weight is 266 g/mol. The molecule has 6 heteroatoms. The van der Waals surface area contributed by atoms with Crippen molar-refractivity contribution in [3.63, 3.8) is 0 Å². The van der Waals surface area contributed by atoms with Gasteiger partial charge in [0.15, 0.2) is 0 Å². The molecule has 2 aromatic rings. The Labute approximate surface area is 106 Å². The van der Waals surface area contributed by atoms with Crippen molar-refractivity contribution < 1.29 is 13.9 Å². The molecule has 0 amide bonds. The number of halogens is 1. The summed E-state index contributed by atoms with van der Waals surface area (Å²) in [7, 11) is 2.42. The van der Waals surface area contributed by atoms with Crippen LogP contribution in [0, 0.1) is 5.82 Å². The van der Waals surface area contributed by atoms with Crippen LogP contribution >= 0.6 is 9.24 Å². The quantitative estimate of drug-likeness (QED) is 0.681. The zero-order valence-corrected chi connectivity index (χ0v) is 10.9. The minimum atomic E-state index is -0.549. The van der Waals surface area contributed by atoms with Gasteiger partial charge in [0.1, 0.15) is 5.82 Å². The van der Waals surface area contributed by atoms with Gasteiger partial charge >= 0.3 is 5.97 Å². The molecule has 4 nitrogen and oxygen atoms in total. The van der Waals surface area contributed by atoms with Crippen LogP contribution in [0.1, 0.15) is 17.5 Å². The number of hydrogen-bond donors (Lipinski definition) is 1. The van der Waals surface area contributed by atoms with Gasteiger partial charge in [0.2, 0.25) is 5.82 Å². The minimum absolute atomic E-state index is 0.0706. The monoisotopic (exact) mass is 266 g/mol. The van der Waals surface area contributed by atoms with E-state index in [0.29, 0.717) is 11.3 Å². The molecule has 1 N–H and O–H groups in total. The molecule has 0 aliphatic carbocycles. The molecule has 94 valence electrons. The summed E-state index contributed by atoms with van der Waals surface area (Å²) >= 11 is 0. The number of aromatic amines is 1. The molecular formula is C12H12FN2O2P. The number of hydrogen-bond acceptors (Lipinski definition) is 3. The van der Waals surface area contributed by atoms with Crippen molar-refractivity contribution in [1.82, 2.24) is 9.97 Å². The normalized spacial score (nSPS) is 10.4. The van der Waals surface area contributed by atoms with Crippen LogP contribution in [0.2, 0.25) is 0 Å². The summed E-state index contributed by atoms with van der Waals surface area (Å²) in [4.78, 5) is 18.0. The molecule has 1 aromatic heterocycles. The number of H-pyrrole nitrogens is 1. The zero-order valence-electron chi connectivity index (χ0n) is 9.74. The fourth-order valence-electron chi connectivity index (χ4n) is 1.51. The number of carbonyl (C=O) groups excluding carboxylic acids is 1. The Hall–Kier alpha value is -1.74. The third-order valence-corrected chi connectivity index (χ3v) is 2.69. The highest BCUT2D eigenvalue weighted by atomic mass is 31.0. The second-order valence-corrected chi connectivity index (χ2v) is 4.27. The van der Waals surface area contributed by atoms with Crippen LogP contribution in [-0.4, -0.2) is 22.5 Å². The molecule has 1 atom stereocenters. The van der Waals surface area contributed by atoms with Gasteiger partial charge in [-0.3, -0.25) is 0 Å². The Balaban J connectivity index is 2.32. The van der Waals surface area contributed by atoms with E-state index in [0.717, 1.165) is 5.30 Å². The van der Waals surface area contributed by atoms with E-state index in [2.05, 4.69) is 19.2 Å². The molecule has 0 spiro atoms. The Morgan fingerprint density at radius 3 is 3.00 bits per heavy atom. The van der Waals surface area contributed by atoms with E-state index in [9.17, 15) is 9.18 Å². The number of esters is 1. The molecule has 0 saturated carbocycles. The molecule has 0 aliphatic rings. The van der Waals surface area contributed by atoms with Gasteiger partial charge in [-0.2, -0.15) is 0 Å². The molecule has 0 fully saturated rings. The number of aromatic nitrogens is 2. The molecule has 0 aliphatic heterocycles. The van der Waals surface area contributed by atoms with Gasteiger partial charge in [0, 0.05) is 5.56 Å². The first-order chi connectivity index (χ1) is 8.61. The molecule has 1 aromatic carbocycles.